The molecular weight excluding hydrogens is 238 g/mol. The molecule has 96 valence electrons. The normalized spacial score (nSPS) is 41.2. The van der Waals surface area contributed by atoms with E-state index in [9.17, 15) is 0 Å². The topological polar surface area (TPSA) is 12.9 Å². The number of nitrogens with zero attached hydrogens (tertiary/aromatic N) is 1. The van der Waals surface area contributed by atoms with Gasteiger partial charge in [0.05, 0.1) is 5.03 Å². The fraction of sp³-hybridized carbons (Fsp3) is 0.688. The molecule has 1 nitrogen and oxygen atoms in total. The summed E-state index contributed by atoms with van der Waals surface area (Å²) in [6, 6.07) is 6.27. The fourth-order valence-corrected chi connectivity index (χ4v) is 6.24. The van der Waals surface area contributed by atoms with E-state index in [1.807, 2.05) is 24.0 Å². The lowest BCUT2D eigenvalue weighted by Gasteiger charge is -2.56. The van der Waals surface area contributed by atoms with E-state index in [2.05, 4.69) is 17.1 Å². The minimum atomic E-state index is 0.678. The summed E-state index contributed by atoms with van der Waals surface area (Å²) in [5.74, 6) is 4.52. The van der Waals surface area contributed by atoms with E-state index in [4.69, 9.17) is 0 Å². The molecule has 0 aromatic carbocycles. The molecular formula is C16H21NS. The van der Waals surface area contributed by atoms with Crippen LogP contribution in [0.2, 0.25) is 0 Å². The molecule has 4 aliphatic rings. The lowest BCUT2D eigenvalue weighted by Crippen LogP contribution is -2.47. The number of thioether (sulfide) groups is 1. The van der Waals surface area contributed by atoms with Crippen molar-refractivity contribution in [2.75, 3.05) is 5.75 Å². The predicted molar refractivity (Wildman–Crippen MR) is 75.6 cm³/mol. The Morgan fingerprint density at radius 3 is 2.28 bits per heavy atom. The van der Waals surface area contributed by atoms with Gasteiger partial charge in [-0.2, -0.15) is 0 Å². The van der Waals surface area contributed by atoms with Gasteiger partial charge in [-0.3, -0.25) is 0 Å². The van der Waals surface area contributed by atoms with Gasteiger partial charge in [-0.15, -0.1) is 11.8 Å². The summed E-state index contributed by atoms with van der Waals surface area (Å²) >= 11 is 2.00. The third-order valence-corrected chi connectivity index (χ3v) is 6.62. The molecule has 0 unspecified atom stereocenters. The SMILES string of the molecule is c1ccc(SCC23CC4CC(CC(C4)C2)C3)nc1. The molecule has 4 aliphatic carbocycles. The second kappa shape index (κ2) is 4.26. The quantitative estimate of drug-likeness (QED) is 0.747. The van der Waals surface area contributed by atoms with Crippen molar-refractivity contribution < 1.29 is 0 Å². The molecule has 0 atom stereocenters. The molecule has 1 aromatic heterocycles. The predicted octanol–water partition coefficient (Wildman–Crippen LogP) is 4.39. The molecule has 18 heavy (non-hydrogen) atoms. The molecule has 0 saturated heterocycles. The van der Waals surface area contributed by atoms with E-state index in [-0.39, 0.29) is 0 Å². The van der Waals surface area contributed by atoms with Crippen LogP contribution in [0.4, 0.5) is 0 Å². The lowest BCUT2D eigenvalue weighted by atomic mass is 9.50. The maximum atomic E-state index is 4.46. The van der Waals surface area contributed by atoms with Crippen molar-refractivity contribution in [3.05, 3.63) is 24.4 Å². The van der Waals surface area contributed by atoms with Crippen LogP contribution < -0.4 is 0 Å². The molecule has 5 rings (SSSR count). The molecule has 4 bridgehead atoms. The Morgan fingerprint density at radius 1 is 1.06 bits per heavy atom. The smallest absolute Gasteiger partial charge is 0.0959 e. The Balaban J connectivity index is 1.48. The Bertz CT molecular complexity index is 393. The van der Waals surface area contributed by atoms with E-state index < -0.39 is 0 Å². The molecule has 0 N–H and O–H groups in total. The van der Waals surface area contributed by atoms with Crippen LogP contribution in [0.25, 0.3) is 0 Å². The maximum Gasteiger partial charge on any atom is 0.0959 e. The third kappa shape index (κ3) is 1.99. The minimum Gasteiger partial charge on any atom is -0.250 e. The van der Waals surface area contributed by atoms with Crippen molar-refractivity contribution in [2.24, 2.45) is 23.2 Å². The van der Waals surface area contributed by atoms with E-state index in [1.165, 1.54) is 30.0 Å². The number of hydrogen-bond donors (Lipinski definition) is 0. The molecule has 0 spiro atoms. The number of hydrogen-bond acceptors (Lipinski definition) is 2. The summed E-state index contributed by atoms with van der Waals surface area (Å²) in [5, 5.41) is 1.22. The van der Waals surface area contributed by atoms with Crippen LogP contribution in [-0.4, -0.2) is 10.7 Å². The van der Waals surface area contributed by atoms with Crippen LogP contribution in [0.5, 0.6) is 0 Å². The molecule has 1 aromatic rings. The van der Waals surface area contributed by atoms with E-state index in [0.717, 1.165) is 17.8 Å². The first-order chi connectivity index (χ1) is 8.81. The summed E-state index contributed by atoms with van der Waals surface area (Å²) in [6.45, 7) is 0. The standard InChI is InChI=1S/C16H21NS/c1-2-4-17-15(3-1)18-11-16-8-12-5-13(9-16)7-14(6-12)10-16/h1-4,12-14H,5-11H2. The second-order valence-corrected chi connectivity index (χ2v) is 7.87. The highest BCUT2D eigenvalue weighted by molar-refractivity contribution is 7.99. The second-order valence-electron chi connectivity index (χ2n) is 6.87. The number of rotatable bonds is 3. The average Bonchev–Trinajstić information content (AvgIpc) is 2.36. The van der Waals surface area contributed by atoms with E-state index >= 15 is 0 Å². The molecule has 4 saturated carbocycles. The van der Waals surface area contributed by atoms with Gasteiger partial charge in [0.15, 0.2) is 0 Å². The monoisotopic (exact) mass is 259 g/mol. The minimum absolute atomic E-state index is 0.678. The van der Waals surface area contributed by atoms with Gasteiger partial charge >= 0.3 is 0 Å². The number of aromatic nitrogens is 1. The van der Waals surface area contributed by atoms with Gasteiger partial charge < -0.3 is 0 Å². The zero-order valence-electron chi connectivity index (χ0n) is 10.8. The van der Waals surface area contributed by atoms with Crippen molar-refractivity contribution >= 4 is 11.8 Å². The molecule has 0 radical (unpaired) electrons. The zero-order chi connectivity index (χ0) is 12.0. The Labute approximate surface area is 114 Å². The molecule has 2 heteroatoms. The molecule has 0 aliphatic heterocycles. The first-order valence-corrected chi connectivity index (χ1v) is 8.34. The van der Waals surface area contributed by atoms with Gasteiger partial charge in [-0.25, -0.2) is 4.98 Å². The van der Waals surface area contributed by atoms with Gasteiger partial charge in [-0.05, 0) is 73.8 Å². The van der Waals surface area contributed by atoms with Crippen molar-refractivity contribution in [3.63, 3.8) is 0 Å². The van der Waals surface area contributed by atoms with Crippen molar-refractivity contribution in [3.8, 4) is 0 Å². The van der Waals surface area contributed by atoms with Gasteiger partial charge in [0.25, 0.3) is 0 Å². The van der Waals surface area contributed by atoms with Crippen molar-refractivity contribution in [1.29, 1.82) is 0 Å². The van der Waals surface area contributed by atoms with Gasteiger partial charge in [0.2, 0.25) is 0 Å². The van der Waals surface area contributed by atoms with Crippen LogP contribution in [0.15, 0.2) is 29.4 Å². The summed E-state index contributed by atoms with van der Waals surface area (Å²) in [6.07, 6.45) is 11.1. The van der Waals surface area contributed by atoms with Crippen molar-refractivity contribution in [2.45, 2.75) is 43.6 Å². The highest BCUT2D eigenvalue weighted by atomic mass is 32.2. The first kappa shape index (κ1) is 11.3. The summed E-state index contributed by atoms with van der Waals surface area (Å²) in [7, 11) is 0. The number of pyridine rings is 1. The highest BCUT2D eigenvalue weighted by Gasteiger charge is 2.50. The van der Waals surface area contributed by atoms with Crippen LogP contribution >= 0.6 is 11.8 Å². The maximum absolute atomic E-state index is 4.46. The average molecular weight is 259 g/mol. The van der Waals surface area contributed by atoms with Gasteiger partial charge in [-0.1, -0.05) is 6.07 Å². The summed E-state index contributed by atoms with van der Waals surface area (Å²) < 4.78 is 0. The molecule has 4 fully saturated rings. The zero-order valence-corrected chi connectivity index (χ0v) is 11.7. The van der Waals surface area contributed by atoms with E-state index in [1.54, 1.807) is 19.3 Å². The summed E-state index contributed by atoms with van der Waals surface area (Å²) in [4.78, 5) is 4.46. The Kier molecular flexibility index (Phi) is 2.68. The first-order valence-electron chi connectivity index (χ1n) is 7.35. The molecule has 1 heterocycles. The van der Waals surface area contributed by atoms with Gasteiger partial charge in [0, 0.05) is 11.9 Å². The third-order valence-electron chi connectivity index (χ3n) is 5.33. The highest BCUT2D eigenvalue weighted by Crippen LogP contribution is 2.61. The van der Waals surface area contributed by atoms with Crippen molar-refractivity contribution in [1.82, 2.24) is 4.98 Å². The Morgan fingerprint density at radius 2 is 1.72 bits per heavy atom. The van der Waals surface area contributed by atoms with E-state index in [0.29, 0.717) is 5.41 Å². The fourth-order valence-electron chi connectivity index (χ4n) is 5.13. The lowest BCUT2D eigenvalue weighted by molar-refractivity contribution is -0.0381. The Hall–Kier alpha value is -0.500. The van der Waals surface area contributed by atoms with Gasteiger partial charge in [0.1, 0.15) is 0 Å². The molecule has 0 amide bonds. The van der Waals surface area contributed by atoms with Crippen LogP contribution in [0.3, 0.4) is 0 Å². The largest absolute Gasteiger partial charge is 0.250 e. The van der Waals surface area contributed by atoms with Crippen LogP contribution in [0, 0.1) is 23.2 Å². The van der Waals surface area contributed by atoms with Crippen LogP contribution in [0.1, 0.15) is 38.5 Å². The summed E-state index contributed by atoms with van der Waals surface area (Å²) in [5.41, 5.74) is 0.678. The van der Waals surface area contributed by atoms with Crippen LogP contribution in [-0.2, 0) is 0 Å².